The maximum atomic E-state index is 14.0. The molecule has 2 aromatic rings. The van der Waals surface area contributed by atoms with Crippen molar-refractivity contribution in [3.63, 3.8) is 0 Å². The SMILES string of the molecule is C=CS(=O)(=O)NCC1CCN(S(=O)(=O)c2ccc(C(=O)NCc3ccc(C(F)(F)F)cc3F)cc2)C1. The number of hydrogen-bond donors (Lipinski definition) is 2. The molecule has 0 aliphatic carbocycles. The third kappa shape index (κ3) is 6.69. The maximum absolute atomic E-state index is 14.0. The van der Waals surface area contributed by atoms with Crippen molar-refractivity contribution in [2.75, 3.05) is 19.6 Å². The molecule has 8 nitrogen and oxygen atoms in total. The van der Waals surface area contributed by atoms with Crippen molar-refractivity contribution in [1.29, 1.82) is 0 Å². The van der Waals surface area contributed by atoms with Crippen LogP contribution in [0, 0.1) is 11.7 Å². The molecule has 0 spiro atoms. The van der Waals surface area contributed by atoms with Crippen LogP contribution in [0.15, 0.2) is 59.3 Å². The average molecular weight is 550 g/mol. The third-order valence-electron chi connectivity index (χ3n) is 5.62. The fraction of sp³-hybridized carbons (Fsp3) is 0.318. The van der Waals surface area contributed by atoms with E-state index in [9.17, 15) is 39.2 Å². The van der Waals surface area contributed by atoms with E-state index in [1.54, 1.807) is 0 Å². The van der Waals surface area contributed by atoms with E-state index >= 15 is 0 Å². The second kappa shape index (κ2) is 10.7. The molecule has 0 aromatic heterocycles. The Kier molecular flexibility index (Phi) is 8.23. The van der Waals surface area contributed by atoms with Crippen LogP contribution in [0.25, 0.3) is 0 Å². The molecule has 36 heavy (non-hydrogen) atoms. The lowest BCUT2D eigenvalue weighted by atomic mass is 10.1. The van der Waals surface area contributed by atoms with Gasteiger partial charge in [0.05, 0.1) is 10.5 Å². The number of benzene rings is 2. The molecule has 3 rings (SSSR count). The Morgan fingerprint density at radius 3 is 2.36 bits per heavy atom. The topological polar surface area (TPSA) is 113 Å². The summed E-state index contributed by atoms with van der Waals surface area (Å²) in [6.07, 6.45) is -4.23. The fourth-order valence-corrected chi connectivity index (χ4v) is 5.66. The molecule has 1 unspecified atom stereocenters. The number of rotatable bonds is 9. The first-order chi connectivity index (χ1) is 16.7. The Morgan fingerprint density at radius 1 is 1.11 bits per heavy atom. The van der Waals surface area contributed by atoms with Crippen LogP contribution in [0.3, 0.4) is 0 Å². The second-order valence-electron chi connectivity index (χ2n) is 8.09. The molecule has 1 aliphatic rings. The summed E-state index contributed by atoms with van der Waals surface area (Å²) in [5.74, 6) is -2.01. The molecule has 2 N–H and O–H groups in total. The first-order valence-electron chi connectivity index (χ1n) is 10.6. The second-order valence-corrected chi connectivity index (χ2v) is 11.7. The normalized spacial score (nSPS) is 17.2. The van der Waals surface area contributed by atoms with Gasteiger partial charge in [-0.2, -0.15) is 17.5 Å². The van der Waals surface area contributed by atoms with Gasteiger partial charge >= 0.3 is 6.18 Å². The zero-order chi connectivity index (χ0) is 26.7. The van der Waals surface area contributed by atoms with E-state index in [0.717, 1.165) is 11.5 Å². The molecule has 0 radical (unpaired) electrons. The van der Waals surface area contributed by atoms with Gasteiger partial charge < -0.3 is 5.32 Å². The molecule has 1 heterocycles. The lowest BCUT2D eigenvalue weighted by molar-refractivity contribution is -0.137. The molecule has 1 fully saturated rings. The Labute approximate surface area is 206 Å². The number of nitrogens with one attached hydrogen (secondary N) is 2. The highest BCUT2D eigenvalue weighted by atomic mass is 32.2. The molecule has 0 saturated carbocycles. The van der Waals surface area contributed by atoms with Gasteiger partial charge in [0.15, 0.2) is 0 Å². The standard InChI is InChI=1S/C22H23F4N3O5S2/c1-2-35(31,32)28-12-15-9-10-29(14-15)36(33,34)19-7-4-16(5-8-19)21(30)27-13-17-3-6-18(11-20(17)23)22(24,25)26/h2-8,11,15,28H,1,9-10,12-14H2,(H,27,30). The highest BCUT2D eigenvalue weighted by Crippen LogP contribution is 2.30. The van der Waals surface area contributed by atoms with Crippen LogP contribution in [0.4, 0.5) is 17.6 Å². The van der Waals surface area contributed by atoms with E-state index in [1.165, 1.54) is 28.6 Å². The molecule has 2 aromatic carbocycles. The summed E-state index contributed by atoms with van der Waals surface area (Å²) < 4.78 is 104. The number of amides is 1. The lowest BCUT2D eigenvalue weighted by Gasteiger charge is -2.17. The van der Waals surface area contributed by atoms with Gasteiger partial charge in [0.2, 0.25) is 20.0 Å². The van der Waals surface area contributed by atoms with Crippen molar-refractivity contribution in [3.05, 3.63) is 77.0 Å². The zero-order valence-electron chi connectivity index (χ0n) is 18.8. The summed E-state index contributed by atoms with van der Waals surface area (Å²) in [6, 6.07) is 6.97. The quantitative estimate of drug-likeness (QED) is 0.468. The molecule has 1 aliphatic heterocycles. The number of nitrogens with zero attached hydrogens (tertiary/aromatic N) is 1. The van der Waals surface area contributed by atoms with Gasteiger partial charge in [-0.3, -0.25) is 4.79 Å². The van der Waals surface area contributed by atoms with E-state index in [1.807, 2.05) is 0 Å². The molecule has 0 bridgehead atoms. The average Bonchev–Trinajstić information content (AvgIpc) is 3.31. The molecule has 196 valence electrons. The number of halogens is 4. The fourth-order valence-electron chi connectivity index (χ4n) is 3.55. The van der Waals surface area contributed by atoms with Crippen LogP contribution < -0.4 is 10.0 Å². The molecule has 1 atom stereocenters. The van der Waals surface area contributed by atoms with Crippen molar-refractivity contribution >= 4 is 26.0 Å². The van der Waals surface area contributed by atoms with Crippen LogP contribution >= 0.6 is 0 Å². The van der Waals surface area contributed by atoms with Gasteiger partial charge in [-0.1, -0.05) is 12.6 Å². The largest absolute Gasteiger partial charge is 0.416 e. The summed E-state index contributed by atoms with van der Waals surface area (Å²) in [4.78, 5) is 12.3. The smallest absolute Gasteiger partial charge is 0.348 e. The summed E-state index contributed by atoms with van der Waals surface area (Å²) in [5.41, 5.74) is -1.22. The van der Waals surface area contributed by atoms with E-state index in [0.29, 0.717) is 18.6 Å². The zero-order valence-corrected chi connectivity index (χ0v) is 20.4. The number of carbonyl (C=O) groups is 1. The van der Waals surface area contributed by atoms with Gasteiger partial charge in [-0.05, 0) is 48.7 Å². The van der Waals surface area contributed by atoms with Crippen molar-refractivity contribution < 1.29 is 39.2 Å². The highest BCUT2D eigenvalue weighted by Gasteiger charge is 2.33. The van der Waals surface area contributed by atoms with Crippen molar-refractivity contribution in [1.82, 2.24) is 14.3 Å². The minimum Gasteiger partial charge on any atom is -0.348 e. The Bertz CT molecular complexity index is 1340. The van der Waals surface area contributed by atoms with E-state index in [4.69, 9.17) is 0 Å². The van der Waals surface area contributed by atoms with Gasteiger partial charge in [0.1, 0.15) is 5.82 Å². The minimum atomic E-state index is -4.69. The first-order valence-corrected chi connectivity index (χ1v) is 13.6. The van der Waals surface area contributed by atoms with Crippen LogP contribution in [0.5, 0.6) is 0 Å². The number of alkyl halides is 3. The summed E-state index contributed by atoms with van der Waals surface area (Å²) >= 11 is 0. The molecule has 1 saturated heterocycles. The first kappa shape index (κ1) is 27.8. The van der Waals surface area contributed by atoms with Crippen molar-refractivity contribution in [3.8, 4) is 0 Å². The Balaban J connectivity index is 1.60. The predicted octanol–water partition coefficient (Wildman–Crippen LogP) is 2.85. The minimum absolute atomic E-state index is 0.0685. The Hall–Kier alpha value is -2.81. The van der Waals surface area contributed by atoms with E-state index in [2.05, 4.69) is 16.6 Å². The molecular formula is C22H23F4N3O5S2. The lowest BCUT2D eigenvalue weighted by Crippen LogP contribution is -2.32. The number of hydrogen-bond acceptors (Lipinski definition) is 5. The third-order valence-corrected chi connectivity index (χ3v) is 8.50. The number of sulfonamides is 2. The van der Waals surface area contributed by atoms with Gasteiger partial charge in [0, 0.05) is 42.7 Å². The van der Waals surface area contributed by atoms with Crippen molar-refractivity contribution in [2.45, 2.75) is 24.0 Å². The van der Waals surface area contributed by atoms with Crippen LogP contribution in [0.1, 0.15) is 27.9 Å². The van der Waals surface area contributed by atoms with Crippen molar-refractivity contribution in [2.24, 2.45) is 5.92 Å². The van der Waals surface area contributed by atoms with Crippen LogP contribution in [-0.2, 0) is 32.8 Å². The molecule has 14 heteroatoms. The van der Waals surface area contributed by atoms with Gasteiger partial charge in [0.25, 0.3) is 5.91 Å². The molecule has 1 amide bonds. The summed E-state index contributed by atoms with van der Waals surface area (Å²) in [5, 5.41) is 3.15. The van der Waals surface area contributed by atoms with E-state index < -0.39 is 43.5 Å². The van der Waals surface area contributed by atoms with Gasteiger partial charge in [-0.15, -0.1) is 0 Å². The van der Waals surface area contributed by atoms with Gasteiger partial charge in [-0.25, -0.2) is 25.9 Å². The van der Waals surface area contributed by atoms with E-state index in [-0.39, 0.29) is 48.1 Å². The number of carbonyl (C=O) groups excluding carboxylic acids is 1. The predicted molar refractivity (Wildman–Crippen MR) is 123 cm³/mol. The van der Waals surface area contributed by atoms with Crippen LogP contribution in [0.2, 0.25) is 0 Å². The maximum Gasteiger partial charge on any atom is 0.416 e. The highest BCUT2D eigenvalue weighted by molar-refractivity contribution is 7.92. The van der Waals surface area contributed by atoms with Crippen LogP contribution in [-0.4, -0.2) is 46.7 Å². The molecular weight excluding hydrogens is 526 g/mol. The Morgan fingerprint density at radius 2 is 1.78 bits per heavy atom. The monoisotopic (exact) mass is 549 g/mol. The summed E-state index contributed by atoms with van der Waals surface area (Å²) in [7, 11) is -7.50. The summed E-state index contributed by atoms with van der Waals surface area (Å²) in [6.45, 7) is 3.21.